The standard InChI is InChI=1S/C16H21N3/c1-11-18-15-10-12(8-9-17-13-3-4-13)2-7-16(15)19(11)14-5-6-14/h2,7,10,13-14,17H,3-6,8-9H2,1H3. The lowest BCUT2D eigenvalue weighted by atomic mass is 10.1. The summed E-state index contributed by atoms with van der Waals surface area (Å²) in [5, 5.41) is 3.57. The van der Waals surface area contributed by atoms with Gasteiger partial charge in [0.15, 0.2) is 0 Å². The Kier molecular flexibility index (Phi) is 2.62. The molecule has 0 saturated heterocycles. The lowest BCUT2D eigenvalue weighted by molar-refractivity contribution is 0.682. The third kappa shape index (κ3) is 2.27. The Labute approximate surface area is 114 Å². The van der Waals surface area contributed by atoms with Crippen LogP contribution < -0.4 is 5.32 Å². The Morgan fingerprint density at radius 1 is 1.26 bits per heavy atom. The van der Waals surface area contributed by atoms with Gasteiger partial charge in [0.05, 0.1) is 11.0 Å². The van der Waals surface area contributed by atoms with Crippen LogP contribution >= 0.6 is 0 Å². The highest BCUT2D eigenvalue weighted by molar-refractivity contribution is 5.77. The third-order valence-electron chi connectivity index (χ3n) is 4.27. The van der Waals surface area contributed by atoms with Gasteiger partial charge in [-0.3, -0.25) is 0 Å². The van der Waals surface area contributed by atoms with Gasteiger partial charge in [0, 0.05) is 12.1 Å². The molecular weight excluding hydrogens is 234 g/mol. The van der Waals surface area contributed by atoms with Gasteiger partial charge in [0.25, 0.3) is 0 Å². The van der Waals surface area contributed by atoms with E-state index >= 15 is 0 Å². The summed E-state index contributed by atoms with van der Waals surface area (Å²) in [6.07, 6.45) is 6.48. The number of benzene rings is 1. The minimum atomic E-state index is 0.715. The van der Waals surface area contributed by atoms with Crippen LogP contribution in [0.3, 0.4) is 0 Å². The number of aromatic nitrogens is 2. The van der Waals surface area contributed by atoms with Crippen LogP contribution in [0, 0.1) is 6.92 Å². The number of aryl methyl sites for hydroxylation is 1. The molecule has 2 aliphatic carbocycles. The quantitative estimate of drug-likeness (QED) is 0.890. The fourth-order valence-corrected chi connectivity index (χ4v) is 2.92. The molecule has 2 aliphatic rings. The fraction of sp³-hybridized carbons (Fsp3) is 0.562. The second-order valence-electron chi connectivity index (χ2n) is 6.06. The predicted octanol–water partition coefficient (Wildman–Crippen LogP) is 2.97. The van der Waals surface area contributed by atoms with Crippen LogP contribution in [0.4, 0.5) is 0 Å². The number of imidazole rings is 1. The van der Waals surface area contributed by atoms with Crippen molar-refractivity contribution in [3.8, 4) is 0 Å². The Balaban J connectivity index is 1.56. The van der Waals surface area contributed by atoms with E-state index in [1.807, 2.05) is 0 Å². The first-order valence-electron chi connectivity index (χ1n) is 7.52. The SMILES string of the molecule is Cc1nc2cc(CCNC3CC3)ccc2n1C1CC1. The molecule has 0 aliphatic heterocycles. The van der Waals surface area contributed by atoms with Gasteiger partial charge in [-0.2, -0.15) is 0 Å². The van der Waals surface area contributed by atoms with E-state index in [0.29, 0.717) is 6.04 Å². The topological polar surface area (TPSA) is 29.9 Å². The van der Waals surface area contributed by atoms with E-state index < -0.39 is 0 Å². The number of hydrogen-bond donors (Lipinski definition) is 1. The number of hydrogen-bond acceptors (Lipinski definition) is 2. The van der Waals surface area contributed by atoms with Crippen LogP contribution in [0.15, 0.2) is 18.2 Å². The van der Waals surface area contributed by atoms with Crippen molar-refractivity contribution < 1.29 is 0 Å². The van der Waals surface area contributed by atoms with Crippen LogP contribution in [0.2, 0.25) is 0 Å². The van der Waals surface area contributed by atoms with E-state index in [-0.39, 0.29) is 0 Å². The summed E-state index contributed by atoms with van der Waals surface area (Å²) in [4.78, 5) is 4.73. The molecule has 3 nitrogen and oxygen atoms in total. The molecule has 0 unspecified atom stereocenters. The van der Waals surface area contributed by atoms with Gasteiger partial charge in [-0.15, -0.1) is 0 Å². The summed E-state index contributed by atoms with van der Waals surface area (Å²) in [5.74, 6) is 1.17. The molecule has 1 aromatic carbocycles. The Bertz CT molecular complexity index is 606. The van der Waals surface area contributed by atoms with Crippen molar-refractivity contribution in [2.75, 3.05) is 6.54 Å². The Morgan fingerprint density at radius 3 is 2.84 bits per heavy atom. The first-order valence-corrected chi connectivity index (χ1v) is 7.52. The monoisotopic (exact) mass is 255 g/mol. The van der Waals surface area contributed by atoms with Crippen molar-refractivity contribution in [2.24, 2.45) is 0 Å². The number of fused-ring (bicyclic) bond motifs is 1. The smallest absolute Gasteiger partial charge is 0.106 e. The molecule has 0 spiro atoms. The van der Waals surface area contributed by atoms with Gasteiger partial charge in [-0.1, -0.05) is 6.07 Å². The van der Waals surface area contributed by atoms with Gasteiger partial charge < -0.3 is 9.88 Å². The normalized spacial score (nSPS) is 19.2. The first-order chi connectivity index (χ1) is 9.31. The molecule has 3 heteroatoms. The maximum absolute atomic E-state index is 4.73. The number of rotatable bonds is 5. The zero-order valence-electron chi connectivity index (χ0n) is 11.5. The maximum atomic E-state index is 4.73. The second kappa shape index (κ2) is 4.34. The van der Waals surface area contributed by atoms with Crippen LogP contribution in [0.5, 0.6) is 0 Å². The summed E-state index contributed by atoms with van der Waals surface area (Å²) in [6, 6.07) is 8.33. The fourth-order valence-electron chi connectivity index (χ4n) is 2.92. The van der Waals surface area contributed by atoms with E-state index in [4.69, 9.17) is 4.98 Å². The summed E-state index contributed by atoms with van der Waals surface area (Å²) < 4.78 is 2.42. The van der Waals surface area contributed by atoms with Gasteiger partial charge >= 0.3 is 0 Å². The van der Waals surface area contributed by atoms with Gasteiger partial charge in [0.2, 0.25) is 0 Å². The molecule has 0 radical (unpaired) electrons. The van der Waals surface area contributed by atoms with Crippen LogP contribution in [-0.2, 0) is 6.42 Å². The minimum Gasteiger partial charge on any atom is -0.325 e. The van der Waals surface area contributed by atoms with Crippen molar-refractivity contribution in [3.05, 3.63) is 29.6 Å². The lowest BCUT2D eigenvalue weighted by Gasteiger charge is -2.05. The van der Waals surface area contributed by atoms with E-state index in [1.165, 1.54) is 48.1 Å². The van der Waals surface area contributed by atoms with E-state index in [0.717, 1.165) is 19.0 Å². The zero-order valence-corrected chi connectivity index (χ0v) is 11.5. The second-order valence-corrected chi connectivity index (χ2v) is 6.06. The molecule has 1 N–H and O–H groups in total. The third-order valence-corrected chi connectivity index (χ3v) is 4.27. The van der Waals surface area contributed by atoms with Gasteiger partial charge in [-0.05, 0) is 63.3 Å². The molecule has 0 atom stereocenters. The molecule has 19 heavy (non-hydrogen) atoms. The summed E-state index contributed by atoms with van der Waals surface area (Å²) in [7, 11) is 0. The molecule has 0 bridgehead atoms. The largest absolute Gasteiger partial charge is 0.325 e. The average molecular weight is 255 g/mol. The molecule has 2 fully saturated rings. The Morgan fingerprint density at radius 2 is 2.11 bits per heavy atom. The molecule has 0 amide bonds. The zero-order chi connectivity index (χ0) is 12.8. The van der Waals surface area contributed by atoms with Gasteiger partial charge in [-0.25, -0.2) is 4.98 Å². The lowest BCUT2D eigenvalue weighted by Crippen LogP contribution is -2.19. The maximum Gasteiger partial charge on any atom is 0.106 e. The summed E-state index contributed by atoms with van der Waals surface area (Å²) >= 11 is 0. The van der Waals surface area contributed by atoms with Crippen LogP contribution in [0.1, 0.15) is 43.1 Å². The molecule has 100 valence electrons. The highest BCUT2D eigenvalue weighted by Gasteiger charge is 2.26. The molecule has 2 saturated carbocycles. The van der Waals surface area contributed by atoms with Crippen molar-refractivity contribution >= 4 is 11.0 Å². The highest BCUT2D eigenvalue weighted by atomic mass is 15.1. The molecule has 1 heterocycles. The van der Waals surface area contributed by atoms with Crippen molar-refractivity contribution in [3.63, 3.8) is 0 Å². The van der Waals surface area contributed by atoms with Crippen molar-refractivity contribution in [2.45, 2.75) is 51.1 Å². The minimum absolute atomic E-state index is 0.715. The predicted molar refractivity (Wildman–Crippen MR) is 77.5 cm³/mol. The Hall–Kier alpha value is -1.35. The molecular formula is C16H21N3. The van der Waals surface area contributed by atoms with Crippen molar-refractivity contribution in [1.29, 1.82) is 0 Å². The van der Waals surface area contributed by atoms with E-state index in [2.05, 4.69) is 35.0 Å². The molecule has 2 aromatic rings. The van der Waals surface area contributed by atoms with Gasteiger partial charge in [0.1, 0.15) is 5.82 Å². The van der Waals surface area contributed by atoms with E-state index in [9.17, 15) is 0 Å². The van der Waals surface area contributed by atoms with E-state index in [1.54, 1.807) is 0 Å². The van der Waals surface area contributed by atoms with Crippen LogP contribution in [-0.4, -0.2) is 22.1 Å². The number of nitrogens with one attached hydrogen (secondary N) is 1. The molecule has 1 aromatic heterocycles. The van der Waals surface area contributed by atoms with Crippen LogP contribution in [0.25, 0.3) is 11.0 Å². The highest BCUT2D eigenvalue weighted by Crippen LogP contribution is 2.38. The van der Waals surface area contributed by atoms with Crippen molar-refractivity contribution in [1.82, 2.24) is 14.9 Å². The number of nitrogens with zero attached hydrogens (tertiary/aromatic N) is 2. The summed E-state index contributed by atoms with van der Waals surface area (Å²) in [6.45, 7) is 3.23. The average Bonchev–Trinajstić information content (AvgIpc) is 3.27. The summed E-state index contributed by atoms with van der Waals surface area (Å²) in [5.41, 5.74) is 3.90. The molecule has 4 rings (SSSR count). The first kappa shape index (κ1) is 11.5.